The average molecular weight is 213 g/mol. The molecule has 1 saturated carbocycles. The third-order valence-electron chi connectivity index (χ3n) is 2.95. The van der Waals surface area contributed by atoms with E-state index in [9.17, 15) is 9.59 Å². The first-order chi connectivity index (χ1) is 7.11. The van der Waals surface area contributed by atoms with Crippen LogP contribution < -0.4 is 0 Å². The Morgan fingerprint density at radius 2 is 1.73 bits per heavy atom. The molecule has 0 aromatic carbocycles. The molecule has 0 heterocycles. The first-order valence-corrected chi connectivity index (χ1v) is 5.58. The third-order valence-corrected chi connectivity index (χ3v) is 2.95. The van der Waals surface area contributed by atoms with Crippen LogP contribution in [0.4, 0.5) is 0 Å². The first kappa shape index (κ1) is 12.0. The second kappa shape index (κ2) is 5.73. The van der Waals surface area contributed by atoms with Gasteiger partial charge in [-0.05, 0) is 12.8 Å². The number of rotatable bonds is 3. The highest BCUT2D eigenvalue weighted by atomic mass is 16.4. The fraction of sp³-hybridized carbons (Fsp3) is 0.818. The lowest BCUT2D eigenvalue weighted by molar-refractivity contribution is -0.145. The van der Waals surface area contributed by atoms with Gasteiger partial charge in [0.2, 0.25) is 5.91 Å². The van der Waals surface area contributed by atoms with Crippen LogP contribution in [0.15, 0.2) is 0 Å². The van der Waals surface area contributed by atoms with Crippen LogP contribution in [0, 0.1) is 5.92 Å². The molecule has 0 bridgehead atoms. The number of aliphatic carboxylic acids is 1. The Morgan fingerprint density at radius 3 is 2.20 bits per heavy atom. The SMILES string of the molecule is CN(CC(=O)O)C(=O)C1CCCCCC1. The molecule has 1 rings (SSSR count). The molecular weight excluding hydrogens is 194 g/mol. The van der Waals surface area contributed by atoms with Gasteiger partial charge < -0.3 is 10.0 Å². The number of amides is 1. The van der Waals surface area contributed by atoms with Crippen LogP contribution in [0.1, 0.15) is 38.5 Å². The van der Waals surface area contributed by atoms with Crippen molar-refractivity contribution in [3.05, 3.63) is 0 Å². The van der Waals surface area contributed by atoms with Gasteiger partial charge in [0, 0.05) is 13.0 Å². The van der Waals surface area contributed by atoms with E-state index >= 15 is 0 Å². The highest BCUT2D eigenvalue weighted by molar-refractivity contribution is 5.82. The third kappa shape index (κ3) is 3.90. The Bertz CT molecular complexity index is 232. The standard InChI is InChI=1S/C11H19NO3/c1-12(8-10(13)14)11(15)9-6-4-2-3-5-7-9/h9H,2-8H2,1H3,(H,13,14). The zero-order valence-corrected chi connectivity index (χ0v) is 9.24. The Morgan fingerprint density at radius 1 is 1.20 bits per heavy atom. The summed E-state index contributed by atoms with van der Waals surface area (Å²) in [7, 11) is 1.57. The summed E-state index contributed by atoms with van der Waals surface area (Å²) >= 11 is 0. The summed E-state index contributed by atoms with van der Waals surface area (Å²) in [5, 5.41) is 8.59. The fourth-order valence-corrected chi connectivity index (χ4v) is 2.12. The molecule has 0 atom stereocenters. The minimum Gasteiger partial charge on any atom is -0.480 e. The maximum Gasteiger partial charge on any atom is 0.323 e. The van der Waals surface area contributed by atoms with Crippen molar-refractivity contribution in [2.24, 2.45) is 5.92 Å². The predicted molar refractivity (Wildman–Crippen MR) is 56.5 cm³/mol. The normalized spacial score (nSPS) is 18.2. The number of likely N-dealkylation sites (N-methyl/N-ethyl adjacent to an activating group) is 1. The highest BCUT2D eigenvalue weighted by Crippen LogP contribution is 2.24. The van der Waals surface area contributed by atoms with Crippen molar-refractivity contribution in [2.75, 3.05) is 13.6 Å². The number of carbonyl (C=O) groups excluding carboxylic acids is 1. The van der Waals surface area contributed by atoms with E-state index in [1.54, 1.807) is 7.05 Å². The van der Waals surface area contributed by atoms with Gasteiger partial charge in [-0.1, -0.05) is 25.7 Å². The van der Waals surface area contributed by atoms with Gasteiger partial charge in [0.15, 0.2) is 0 Å². The minimum absolute atomic E-state index is 0.000648. The summed E-state index contributed by atoms with van der Waals surface area (Å²) in [4.78, 5) is 23.7. The average Bonchev–Trinajstić information content (AvgIpc) is 2.43. The minimum atomic E-state index is -0.945. The van der Waals surface area contributed by atoms with E-state index in [-0.39, 0.29) is 18.4 Å². The van der Waals surface area contributed by atoms with E-state index in [1.807, 2.05) is 0 Å². The molecule has 0 unspecified atom stereocenters. The summed E-state index contributed by atoms with van der Waals surface area (Å²) in [6, 6.07) is 0. The van der Waals surface area contributed by atoms with Gasteiger partial charge in [-0.15, -0.1) is 0 Å². The molecule has 1 amide bonds. The molecule has 0 saturated heterocycles. The Balaban J connectivity index is 2.46. The van der Waals surface area contributed by atoms with Crippen LogP contribution in [0.5, 0.6) is 0 Å². The monoisotopic (exact) mass is 213 g/mol. The maximum absolute atomic E-state index is 11.8. The van der Waals surface area contributed by atoms with Crippen molar-refractivity contribution in [2.45, 2.75) is 38.5 Å². The molecule has 86 valence electrons. The fourth-order valence-electron chi connectivity index (χ4n) is 2.12. The Hall–Kier alpha value is -1.06. The second-order valence-electron chi connectivity index (χ2n) is 4.28. The van der Waals surface area contributed by atoms with Crippen molar-refractivity contribution < 1.29 is 14.7 Å². The molecule has 0 aromatic rings. The summed E-state index contributed by atoms with van der Waals surface area (Å²) in [5.74, 6) is -0.893. The lowest BCUT2D eigenvalue weighted by Gasteiger charge is -2.21. The number of carbonyl (C=O) groups is 2. The van der Waals surface area contributed by atoms with Crippen LogP contribution in [-0.4, -0.2) is 35.5 Å². The molecule has 0 radical (unpaired) electrons. The molecule has 1 N–H and O–H groups in total. The van der Waals surface area contributed by atoms with Crippen LogP contribution in [0.3, 0.4) is 0 Å². The van der Waals surface area contributed by atoms with Crippen molar-refractivity contribution in [3.63, 3.8) is 0 Å². The van der Waals surface area contributed by atoms with Crippen molar-refractivity contribution in [1.29, 1.82) is 0 Å². The Kier molecular flexibility index (Phi) is 4.59. The van der Waals surface area contributed by atoms with Crippen LogP contribution >= 0.6 is 0 Å². The number of hydrogen-bond acceptors (Lipinski definition) is 2. The summed E-state index contributed by atoms with van der Waals surface area (Å²) in [5.41, 5.74) is 0. The molecule has 15 heavy (non-hydrogen) atoms. The molecule has 1 aliphatic carbocycles. The molecule has 4 nitrogen and oxygen atoms in total. The van der Waals surface area contributed by atoms with Gasteiger partial charge >= 0.3 is 5.97 Å². The van der Waals surface area contributed by atoms with E-state index < -0.39 is 5.97 Å². The molecule has 1 fully saturated rings. The molecule has 4 heteroatoms. The van der Waals surface area contributed by atoms with Gasteiger partial charge in [0.1, 0.15) is 6.54 Å². The number of carboxylic acids is 1. The van der Waals surface area contributed by atoms with Crippen LogP contribution in [0.25, 0.3) is 0 Å². The van der Waals surface area contributed by atoms with Crippen molar-refractivity contribution in [1.82, 2.24) is 4.90 Å². The quantitative estimate of drug-likeness (QED) is 0.723. The topological polar surface area (TPSA) is 57.6 Å². The van der Waals surface area contributed by atoms with E-state index in [1.165, 1.54) is 17.7 Å². The van der Waals surface area contributed by atoms with Crippen LogP contribution in [-0.2, 0) is 9.59 Å². The summed E-state index contributed by atoms with van der Waals surface area (Å²) in [6.45, 7) is -0.185. The zero-order chi connectivity index (χ0) is 11.3. The van der Waals surface area contributed by atoms with E-state index in [0.29, 0.717) is 0 Å². The van der Waals surface area contributed by atoms with E-state index in [4.69, 9.17) is 5.11 Å². The number of nitrogens with zero attached hydrogens (tertiary/aromatic N) is 1. The van der Waals surface area contributed by atoms with Gasteiger partial charge in [0.05, 0.1) is 0 Å². The number of hydrogen-bond donors (Lipinski definition) is 1. The van der Waals surface area contributed by atoms with Gasteiger partial charge in [-0.2, -0.15) is 0 Å². The predicted octanol–water partition coefficient (Wildman–Crippen LogP) is 1.50. The van der Waals surface area contributed by atoms with Crippen LogP contribution in [0.2, 0.25) is 0 Å². The lowest BCUT2D eigenvalue weighted by atomic mass is 9.99. The molecular formula is C11H19NO3. The molecule has 1 aliphatic rings. The smallest absolute Gasteiger partial charge is 0.323 e. The van der Waals surface area contributed by atoms with Gasteiger partial charge in [-0.25, -0.2) is 0 Å². The highest BCUT2D eigenvalue weighted by Gasteiger charge is 2.23. The van der Waals surface area contributed by atoms with Crippen molar-refractivity contribution >= 4 is 11.9 Å². The summed E-state index contributed by atoms with van der Waals surface area (Å²) in [6.07, 6.45) is 6.43. The van der Waals surface area contributed by atoms with Gasteiger partial charge in [0.25, 0.3) is 0 Å². The van der Waals surface area contributed by atoms with E-state index in [2.05, 4.69) is 0 Å². The van der Waals surface area contributed by atoms with Gasteiger partial charge in [-0.3, -0.25) is 9.59 Å². The summed E-state index contributed by atoms with van der Waals surface area (Å²) < 4.78 is 0. The molecule has 0 spiro atoms. The largest absolute Gasteiger partial charge is 0.480 e. The lowest BCUT2D eigenvalue weighted by Crippen LogP contribution is -2.36. The van der Waals surface area contributed by atoms with Crippen molar-refractivity contribution in [3.8, 4) is 0 Å². The first-order valence-electron chi connectivity index (χ1n) is 5.58. The molecule has 0 aromatic heterocycles. The molecule has 0 aliphatic heterocycles. The maximum atomic E-state index is 11.8. The Labute approximate surface area is 90.3 Å². The second-order valence-corrected chi connectivity index (χ2v) is 4.28. The zero-order valence-electron chi connectivity index (χ0n) is 9.24. The number of carboxylic acid groups (broad SMARTS) is 1. The van der Waals surface area contributed by atoms with E-state index in [0.717, 1.165) is 25.7 Å².